The molecule has 0 radical (unpaired) electrons. The van der Waals surface area contributed by atoms with Gasteiger partial charge in [0.25, 0.3) is 0 Å². The van der Waals surface area contributed by atoms with E-state index in [-0.39, 0.29) is 5.41 Å². The van der Waals surface area contributed by atoms with Gasteiger partial charge in [-0.15, -0.1) is 0 Å². The van der Waals surface area contributed by atoms with Crippen LogP contribution in [0.4, 0.5) is 5.95 Å². The molecule has 0 aliphatic heterocycles. The third-order valence-electron chi connectivity index (χ3n) is 4.10. The van der Waals surface area contributed by atoms with Crippen LogP contribution in [0.25, 0.3) is 0 Å². The summed E-state index contributed by atoms with van der Waals surface area (Å²) in [5.74, 6) is 1.29. The first-order valence-corrected chi connectivity index (χ1v) is 6.72. The summed E-state index contributed by atoms with van der Waals surface area (Å²) in [5, 5.41) is 0. The lowest BCUT2D eigenvalue weighted by atomic mass is 9.64. The van der Waals surface area contributed by atoms with Gasteiger partial charge in [0.1, 0.15) is 0 Å². The number of aromatic nitrogens is 2. The molecule has 0 spiro atoms. The molecule has 0 N–H and O–H groups in total. The molecular weight excluding hydrogens is 242 g/mol. The Morgan fingerprint density at radius 1 is 1.47 bits per heavy atom. The van der Waals surface area contributed by atoms with Gasteiger partial charge in [0, 0.05) is 37.4 Å². The van der Waals surface area contributed by atoms with Gasteiger partial charge < -0.3 is 14.4 Å². The van der Waals surface area contributed by atoms with E-state index in [0.29, 0.717) is 24.0 Å². The van der Waals surface area contributed by atoms with Crippen molar-refractivity contribution in [1.29, 1.82) is 0 Å². The van der Waals surface area contributed by atoms with Crippen LogP contribution in [-0.4, -0.2) is 42.9 Å². The van der Waals surface area contributed by atoms with Crippen molar-refractivity contribution in [2.45, 2.75) is 39.3 Å². The van der Waals surface area contributed by atoms with E-state index in [0.717, 1.165) is 13.0 Å². The molecule has 2 atom stereocenters. The molecule has 2 unspecified atom stereocenters. The van der Waals surface area contributed by atoms with Crippen molar-refractivity contribution in [2.24, 2.45) is 5.41 Å². The maximum atomic E-state index is 5.76. The minimum absolute atomic E-state index is 0.108. The maximum absolute atomic E-state index is 5.76. The molecule has 2 rings (SSSR count). The molecule has 0 aromatic carbocycles. The first-order valence-electron chi connectivity index (χ1n) is 6.72. The van der Waals surface area contributed by atoms with Gasteiger partial charge in [-0.05, 0) is 13.3 Å². The van der Waals surface area contributed by atoms with E-state index in [9.17, 15) is 0 Å². The molecule has 1 aliphatic rings. The van der Waals surface area contributed by atoms with E-state index in [1.807, 2.05) is 14.0 Å². The molecule has 5 heteroatoms. The van der Waals surface area contributed by atoms with Gasteiger partial charge in [-0.2, -0.15) is 4.98 Å². The Labute approximate surface area is 115 Å². The summed E-state index contributed by atoms with van der Waals surface area (Å²) in [6, 6.07) is 2.14. The SMILES string of the molecule is CCOC1CC(N(C)c2nccc(OC)n2)C1(C)C. The third kappa shape index (κ3) is 2.52. The second-order valence-electron chi connectivity index (χ2n) is 5.53. The Hall–Kier alpha value is -1.36. The molecule has 0 amide bonds. The number of anilines is 1. The largest absolute Gasteiger partial charge is 0.481 e. The molecule has 19 heavy (non-hydrogen) atoms. The maximum Gasteiger partial charge on any atom is 0.228 e. The summed E-state index contributed by atoms with van der Waals surface area (Å²) in [6.07, 6.45) is 3.05. The Bertz CT molecular complexity index is 436. The summed E-state index contributed by atoms with van der Waals surface area (Å²) in [4.78, 5) is 10.8. The van der Waals surface area contributed by atoms with Crippen molar-refractivity contribution in [3.8, 4) is 5.88 Å². The topological polar surface area (TPSA) is 47.5 Å². The number of ether oxygens (including phenoxy) is 2. The first kappa shape index (κ1) is 14.1. The van der Waals surface area contributed by atoms with E-state index < -0.39 is 0 Å². The van der Waals surface area contributed by atoms with Crippen LogP contribution in [0.3, 0.4) is 0 Å². The second-order valence-corrected chi connectivity index (χ2v) is 5.53. The minimum atomic E-state index is 0.108. The number of methoxy groups -OCH3 is 1. The average molecular weight is 265 g/mol. The highest BCUT2D eigenvalue weighted by Crippen LogP contribution is 2.46. The molecule has 5 nitrogen and oxygen atoms in total. The zero-order valence-electron chi connectivity index (χ0n) is 12.4. The van der Waals surface area contributed by atoms with Gasteiger partial charge >= 0.3 is 0 Å². The molecule has 0 bridgehead atoms. The Balaban J connectivity index is 2.10. The van der Waals surface area contributed by atoms with Gasteiger partial charge in [-0.25, -0.2) is 4.98 Å². The van der Waals surface area contributed by atoms with Crippen LogP contribution in [0.2, 0.25) is 0 Å². The lowest BCUT2D eigenvalue weighted by Crippen LogP contribution is -2.61. The quantitative estimate of drug-likeness (QED) is 0.816. The van der Waals surface area contributed by atoms with Crippen LogP contribution < -0.4 is 9.64 Å². The van der Waals surface area contributed by atoms with E-state index >= 15 is 0 Å². The summed E-state index contributed by atoms with van der Waals surface area (Å²) >= 11 is 0. The zero-order chi connectivity index (χ0) is 14.0. The van der Waals surface area contributed by atoms with Crippen LogP contribution in [0, 0.1) is 5.41 Å². The fourth-order valence-corrected chi connectivity index (χ4v) is 2.76. The molecule has 1 aliphatic carbocycles. The van der Waals surface area contributed by atoms with Crippen molar-refractivity contribution < 1.29 is 9.47 Å². The summed E-state index contributed by atoms with van der Waals surface area (Å²) in [7, 11) is 3.65. The smallest absolute Gasteiger partial charge is 0.228 e. The predicted octanol–water partition coefficient (Wildman–Crippen LogP) is 2.12. The number of hydrogen-bond donors (Lipinski definition) is 0. The minimum Gasteiger partial charge on any atom is -0.481 e. The third-order valence-corrected chi connectivity index (χ3v) is 4.10. The lowest BCUT2D eigenvalue weighted by molar-refractivity contribution is -0.105. The summed E-state index contributed by atoms with van der Waals surface area (Å²) in [6.45, 7) is 7.27. The molecule has 1 aromatic rings. The van der Waals surface area contributed by atoms with Crippen LogP contribution in [-0.2, 0) is 4.74 Å². The van der Waals surface area contributed by atoms with E-state index in [1.165, 1.54) is 0 Å². The number of nitrogens with zero attached hydrogens (tertiary/aromatic N) is 3. The summed E-state index contributed by atoms with van der Waals surface area (Å²) in [5.41, 5.74) is 0.108. The fraction of sp³-hybridized carbons (Fsp3) is 0.714. The second kappa shape index (κ2) is 5.33. The Kier molecular flexibility index (Phi) is 3.94. The van der Waals surface area contributed by atoms with Crippen molar-refractivity contribution in [3.63, 3.8) is 0 Å². The first-order chi connectivity index (χ1) is 9.00. The molecule has 0 saturated heterocycles. The lowest BCUT2D eigenvalue weighted by Gasteiger charge is -2.54. The average Bonchev–Trinajstić information content (AvgIpc) is 2.42. The van der Waals surface area contributed by atoms with Crippen molar-refractivity contribution >= 4 is 5.95 Å². The molecule has 1 heterocycles. The molecule has 106 valence electrons. The van der Waals surface area contributed by atoms with E-state index in [4.69, 9.17) is 9.47 Å². The predicted molar refractivity (Wildman–Crippen MR) is 74.6 cm³/mol. The van der Waals surface area contributed by atoms with E-state index in [2.05, 4.69) is 28.7 Å². The van der Waals surface area contributed by atoms with Crippen LogP contribution >= 0.6 is 0 Å². The van der Waals surface area contributed by atoms with Crippen LogP contribution in [0.5, 0.6) is 5.88 Å². The highest BCUT2D eigenvalue weighted by molar-refractivity contribution is 5.35. The van der Waals surface area contributed by atoms with Gasteiger partial charge in [0.05, 0.1) is 13.2 Å². The molecule has 1 saturated carbocycles. The van der Waals surface area contributed by atoms with Gasteiger partial charge in [0.15, 0.2) is 0 Å². The zero-order valence-corrected chi connectivity index (χ0v) is 12.4. The standard InChI is InChI=1S/C14H23N3O2/c1-6-19-11-9-10(14(11,2)3)17(4)13-15-8-7-12(16-13)18-5/h7-8,10-11H,6,9H2,1-5H3. The normalized spacial score (nSPS) is 24.7. The number of hydrogen-bond acceptors (Lipinski definition) is 5. The Morgan fingerprint density at radius 2 is 2.21 bits per heavy atom. The van der Waals surface area contributed by atoms with Crippen molar-refractivity contribution in [2.75, 3.05) is 25.7 Å². The monoisotopic (exact) mass is 265 g/mol. The number of rotatable bonds is 5. The van der Waals surface area contributed by atoms with E-state index in [1.54, 1.807) is 19.4 Å². The van der Waals surface area contributed by atoms with Crippen LogP contribution in [0.15, 0.2) is 12.3 Å². The summed E-state index contributed by atoms with van der Waals surface area (Å²) < 4.78 is 10.9. The van der Waals surface area contributed by atoms with Crippen molar-refractivity contribution in [3.05, 3.63) is 12.3 Å². The highest BCUT2D eigenvalue weighted by atomic mass is 16.5. The van der Waals surface area contributed by atoms with Gasteiger partial charge in [-0.3, -0.25) is 0 Å². The molecule has 1 fully saturated rings. The van der Waals surface area contributed by atoms with Crippen LogP contribution in [0.1, 0.15) is 27.2 Å². The molecule has 1 aromatic heterocycles. The van der Waals surface area contributed by atoms with Gasteiger partial charge in [0.2, 0.25) is 11.8 Å². The highest BCUT2D eigenvalue weighted by Gasteiger charge is 2.51. The fourth-order valence-electron chi connectivity index (χ4n) is 2.76. The molecular formula is C14H23N3O2. The van der Waals surface area contributed by atoms with Crippen molar-refractivity contribution in [1.82, 2.24) is 9.97 Å². The Morgan fingerprint density at radius 3 is 2.79 bits per heavy atom. The van der Waals surface area contributed by atoms with Gasteiger partial charge in [-0.1, -0.05) is 13.8 Å².